The first-order valence-corrected chi connectivity index (χ1v) is 14.9. The maximum atomic E-state index is 15.1. The molecule has 2 aromatic rings. The second-order valence-electron chi connectivity index (χ2n) is 10.2. The molecule has 12 heteroatoms. The van der Waals surface area contributed by atoms with Crippen LogP contribution in [0.3, 0.4) is 0 Å². The van der Waals surface area contributed by atoms with Gasteiger partial charge in [-0.05, 0) is 68.4 Å². The second-order valence-corrected chi connectivity index (χ2v) is 12.1. The van der Waals surface area contributed by atoms with Gasteiger partial charge in [0.15, 0.2) is 17.9 Å². The highest BCUT2D eigenvalue weighted by Gasteiger charge is 2.44. The molecule has 2 aromatic carbocycles. The SMILES string of the molecule is [2H]C([2H])([2H])Oc1ccc(S(=O)(=O)N(C[C@@H](O)[C@@H](CC(=O)O[C@]2([2H])[C@@H]3CCO[C@@H]3OC2([2H])[2H])Cc2ccc(OC([2H])(C)C([2H])([2H])[2H])cc2)C([2H])([2H])C([2H])(C)C([2H])([2H])[2H])cc1F. The Hall–Kier alpha value is -2.77. The Bertz CT molecular complexity index is 1980. The van der Waals surface area contributed by atoms with E-state index in [0.29, 0.717) is 19.1 Å². The summed E-state index contributed by atoms with van der Waals surface area (Å²) >= 11 is 0. The van der Waals surface area contributed by atoms with Gasteiger partial charge in [-0.25, -0.2) is 12.8 Å². The molecule has 0 spiro atoms. The Morgan fingerprint density at radius 3 is 2.77 bits per heavy atom. The highest BCUT2D eigenvalue weighted by molar-refractivity contribution is 7.89. The summed E-state index contributed by atoms with van der Waals surface area (Å²) in [6.07, 6.45) is -9.82. The number of esters is 1. The van der Waals surface area contributed by atoms with Gasteiger partial charge >= 0.3 is 5.97 Å². The first-order valence-electron chi connectivity index (χ1n) is 21.5. The fraction of sp³-hybridized carbons (Fsp3) is 0.594. The molecule has 2 unspecified atom stereocenters. The van der Waals surface area contributed by atoms with Crippen LogP contribution in [0.25, 0.3) is 0 Å². The monoisotopic (exact) mass is 653 g/mol. The van der Waals surface area contributed by atoms with Crippen molar-refractivity contribution >= 4 is 16.0 Å². The summed E-state index contributed by atoms with van der Waals surface area (Å²) in [7, 11) is -8.69. The average Bonchev–Trinajstić information content (AvgIpc) is 3.60. The van der Waals surface area contributed by atoms with Gasteiger partial charge in [0.05, 0.1) is 59.2 Å². The number of nitrogens with zero attached hydrogens (tertiary/aromatic N) is 1. The Kier molecular flexibility index (Phi) is 6.27. The summed E-state index contributed by atoms with van der Waals surface area (Å²) in [4.78, 5) is 12.5. The maximum Gasteiger partial charge on any atom is 0.306 e. The van der Waals surface area contributed by atoms with Gasteiger partial charge in [0.1, 0.15) is 11.8 Å². The van der Waals surface area contributed by atoms with Gasteiger partial charge in [-0.3, -0.25) is 4.79 Å². The van der Waals surface area contributed by atoms with Crippen molar-refractivity contribution in [3.05, 3.63) is 53.8 Å². The molecular weight excluding hydrogens is 593 g/mol. The zero-order valence-electron chi connectivity index (χ0n) is 39.8. The van der Waals surface area contributed by atoms with Crippen molar-refractivity contribution in [1.29, 1.82) is 0 Å². The molecule has 44 heavy (non-hydrogen) atoms. The normalized spacial score (nSPS) is 33.5. The van der Waals surface area contributed by atoms with Crippen LogP contribution in [0.5, 0.6) is 11.5 Å². The number of aliphatic hydroxyl groups excluding tert-OH is 1. The van der Waals surface area contributed by atoms with Crippen molar-refractivity contribution in [2.45, 2.75) is 76.3 Å². The topological polar surface area (TPSA) is 121 Å². The van der Waals surface area contributed by atoms with E-state index in [1.54, 1.807) is 0 Å². The summed E-state index contributed by atoms with van der Waals surface area (Å²) < 4.78 is 196. The highest BCUT2D eigenvalue weighted by Crippen LogP contribution is 2.34. The predicted octanol–water partition coefficient (Wildman–Crippen LogP) is 4.18. The predicted molar refractivity (Wildman–Crippen MR) is 160 cm³/mol. The van der Waals surface area contributed by atoms with E-state index in [0.717, 1.165) is 6.92 Å². The van der Waals surface area contributed by atoms with E-state index >= 15 is 4.39 Å². The van der Waals surface area contributed by atoms with Crippen molar-refractivity contribution in [2.75, 3.05) is 33.2 Å². The third-order valence-corrected chi connectivity index (χ3v) is 8.46. The Balaban J connectivity index is 1.77. The fourth-order valence-electron chi connectivity index (χ4n) is 4.68. The minimum Gasteiger partial charge on any atom is -0.494 e. The number of hydrogen-bond donors (Lipinski definition) is 1. The molecule has 7 atom stereocenters. The van der Waals surface area contributed by atoms with E-state index < -0.39 is 128 Å². The quantitative estimate of drug-likeness (QED) is 0.282. The largest absolute Gasteiger partial charge is 0.494 e. The molecule has 0 saturated carbocycles. The first-order chi connectivity index (χ1) is 27.0. The van der Waals surface area contributed by atoms with Crippen LogP contribution < -0.4 is 9.47 Å². The lowest BCUT2D eigenvalue weighted by molar-refractivity contribution is -0.153. The number of aliphatic hydroxyl groups is 1. The molecule has 4 rings (SSSR count). The van der Waals surface area contributed by atoms with E-state index in [4.69, 9.17) is 40.9 Å². The van der Waals surface area contributed by atoms with Gasteiger partial charge in [0.2, 0.25) is 10.0 Å². The highest BCUT2D eigenvalue weighted by atomic mass is 32.2. The third kappa shape index (κ3) is 8.69. The van der Waals surface area contributed by atoms with E-state index in [1.165, 1.54) is 24.3 Å². The van der Waals surface area contributed by atoms with Gasteiger partial charge in [-0.15, -0.1) is 0 Å². The van der Waals surface area contributed by atoms with Crippen LogP contribution in [0.4, 0.5) is 4.39 Å². The van der Waals surface area contributed by atoms with Gasteiger partial charge in [0.25, 0.3) is 0 Å². The minimum atomic E-state index is -5.52. The zero-order chi connectivity index (χ0) is 45.9. The van der Waals surface area contributed by atoms with E-state index in [1.807, 2.05) is 0 Å². The van der Waals surface area contributed by atoms with E-state index in [9.17, 15) is 18.3 Å². The molecule has 2 aliphatic rings. The summed E-state index contributed by atoms with van der Waals surface area (Å²) in [5.74, 6) is -9.87. The van der Waals surface area contributed by atoms with E-state index in [2.05, 4.69) is 4.74 Å². The number of carbonyl (C=O) groups excluding carboxylic acids is 1. The number of rotatable bonds is 15. The molecule has 1 N–H and O–H groups in total. The van der Waals surface area contributed by atoms with Crippen LogP contribution in [-0.4, -0.2) is 81.6 Å². The Morgan fingerprint density at radius 2 is 2.07 bits per heavy atom. The molecule has 10 nitrogen and oxygen atoms in total. The molecule has 0 aliphatic carbocycles. The summed E-state index contributed by atoms with van der Waals surface area (Å²) in [6.45, 7) is -12.9. The Morgan fingerprint density at radius 1 is 1.27 bits per heavy atom. The smallest absolute Gasteiger partial charge is 0.306 e. The molecule has 2 fully saturated rings. The van der Waals surface area contributed by atoms with Gasteiger partial charge in [-0.2, -0.15) is 4.31 Å². The number of hydrogen-bond acceptors (Lipinski definition) is 9. The van der Waals surface area contributed by atoms with Crippen LogP contribution in [-0.2, 0) is 35.4 Å². The van der Waals surface area contributed by atoms with Crippen LogP contribution in [0.2, 0.25) is 0 Å². The van der Waals surface area contributed by atoms with Crippen LogP contribution >= 0.6 is 0 Å². The number of ether oxygens (including phenoxy) is 5. The molecular formula is C32H44FNO9S. The number of sulfonamides is 1. The molecule has 2 saturated heterocycles. The molecule has 0 aromatic heterocycles. The van der Waals surface area contributed by atoms with Gasteiger partial charge in [-0.1, -0.05) is 25.9 Å². The maximum absolute atomic E-state index is 15.1. The zero-order valence-corrected chi connectivity index (χ0v) is 24.6. The standard InChI is InChI=1S/C32H44FNO9S/c1-20(2)17-34(44(37,38)25-10-11-29(39-5)27(33)16-25)18-28(35)23(14-22-6-8-24(9-7-22)42-21(3)4)15-31(36)43-30-19-41-32-26(30)12-13-40-32/h6-11,16,20-21,23,26,28,30,32,35H,12-15,17-19H2,1-5H3/t23-,26+,28-,30+,32-/m1/s1/i1D3,3D3,5D3,17D2,19D2,20D,21D,30D/t20?,21?,23-,26+,28-,30+,32-. The molecule has 244 valence electrons. The van der Waals surface area contributed by atoms with Crippen LogP contribution in [0.15, 0.2) is 47.4 Å². The van der Waals surface area contributed by atoms with Crippen molar-refractivity contribution in [2.24, 2.45) is 17.7 Å². The van der Waals surface area contributed by atoms with Gasteiger partial charge in [0, 0.05) is 31.3 Å². The Labute approximate surface area is 281 Å². The first kappa shape index (κ1) is 18.4. The molecule has 2 aliphatic heterocycles. The fourth-order valence-corrected chi connectivity index (χ4v) is 6.03. The number of methoxy groups -OCH3 is 1. The van der Waals surface area contributed by atoms with Crippen LogP contribution in [0.1, 0.15) is 67.9 Å². The summed E-state index contributed by atoms with van der Waals surface area (Å²) in [6, 6.07) is 6.58. The van der Waals surface area contributed by atoms with Crippen molar-refractivity contribution in [3.8, 4) is 11.5 Å². The molecule has 2 heterocycles. The van der Waals surface area contributed by atoms with Crippen LogP contribution in [0, 0.1) is 23.5 Å². The van der Waals surface area contributed by atoms with E-state index in [-0.39, 0.29) is 34.7 Å². The number of benzene rings is 2. The molecule has 0 amide bonds. The van der Waals surface area contributed by atoms with Crippen molar-refractivity contribution in [1.82, 2.24) is 4.31 Å². The molecule has 0 radical (unpaired) electrons. The lowest BCUT2D eigenvalue weighted by Crippen LogP contribution is -2.43. The van der Waals surface area contributed by atoms with Crippen molar-refractivity contribution < 1.29 is 68.3 Å². The third-order valence-electron chi connectivity index (χ3n) is 6.79. The van der Waals surface area contributed by atoms with Crippen molar-refractivity contribution in [3.63, 3.8) is 0 Å². The summed E-state index contributed by atoms with van der Waals surface area (Å²) in [5, 5.41) is 11.8. The second kappa shape index (κ2) is 15.0. The lowest BCUT2D eigenvalue weighted by atomic mass is 9.90. The molecule has 0 bridgehead atoms. The number of fused-ring (bicyclic) bond motifs is 1. The lowest BCUT2D eigenvalue weighted by Gasteiger charge is -2.30. The average molecular weight is 654 g/mol. The summed E-state index contributed by atoms with van der Waals surface area (Å²) in [5.41, 5.74) is 0.223. The minimum absolute atomic E-state index is 0.0486. The van der Waals surface area contributed by atoms with Gasteiger partial charge < -0.3 is 28.8 Å². The number of halogens is 1. The number of carbonyl (C=O) groups is 1.